The van der Waals surface area contributed by atoms with Crippen LogP contribution in [0.4, 0.5) is 16.2 Å². The fraction of sp³-hybridized carbons (Fsp3) is 0.600. The normalized spacial score (nSPS) is 20.3. The van der Waals surface area contributed by atoms with Gasteiger partial charge in [-0.1, -0.05) is 32.4 Å². The van der Waals surface area contributed by atoms with Crippen LogP contribution in [-0.4, -0.2) is 56.7 Å². The molecule has 0 saturated carbocycles. The first-order chi connectivity index (χ1) is 13.3. The quantitative estimate of drug-likeness (QED) is 0.534. The highest BCUT2D eigenvalue weighted by atomic mass is 35.5. The van der Waals surface area contributed by atoms with E-state index in [1.807, 2.05) is 4.90 Å². The third kappa shape index (κ3) is 4.97. The molecular weight excluding hydrogens is 408 g/mol. The van der Waals surface area contributed by atoms with Gasteiger partial charge in [-0.25, -0.2) is 4.79 Å². The number of likely N-dealkylation sites (N-methyl/N-ethyl adjacent to an activating group) is 1. The number of hydrogen-bond acceptors (Lipinski definition) is 5. The molecule has 29 heavy (non-hydrogen) atoms. The monoisotopic (exact) mass is 438 g/mol. The number of piperidine rings is 1. The molecule has 0 aliphatic carbocycles. The molecule has 1 heterocycles. The van der Waals surface area contributed by atoms with Gasteiger partial charge in [-0.05, 0) is 36.7 Å². The fourth-order valence-corrected chi connectivity index (χ4v) is 4.88. The number of carboxylic acid groups (broad SMARTS) is 1. The zero-order chi connectivity index (χ0) is 22.1. The second-order valence-electron chi connectivity index (χ2n) is 9.12. The van der Waals surface area contributed by atoms with Crippen molar-refractivity contribution in [3.8, 4) is 6.07 Å². The van der Waals surface area contributed by atoms with Crippen LogP contribution in [0, 0.1) is 11.3 Å². The summed E-state index contributed by atoms with van der Waals surface area (Å²) in [6.45, 7) is 11.9. The first kappa shape index (κ1) is 23.3. The molecule has 2 atom stereocenters. The lowest BCUT2D eigenvalue weighted by Crippen LogP contribution is -2.59. The molecule has 1 amide bonds. The number of rotatable bonds is 4. The van der Waals surface area contributed by atoms with E-state index in [9.17, 15) is 15.2 Å². The van der Waals surface area contributed by atoms with Crippen LogP contribution in [0.5, 0.6) is 0 Å². The lowest BCUT2D eigenvalue weighted by molar-refractivity contribution is 0.0561. The SMILES string of the molecule is CN(C(=O)O)[C@H]1CCN(c2cc(C#N)cc(N)c2Cl)C[C@@H]1O[Si](C)(C)C(C)(C)C. The maximum atomic E-state index is 11.6. The Balaban J connectivity index is 2.40. The van der Waals surface area contributed by atoms with Crippen LogP contribution >= 0.6 is 11.6 Å². The van der Waals surface area contributed by atoms with Gasteiger partial charge in [-0.15, -0.1) is 0 Å². The second kappa shape index (κ2) is 8.42. The topological polar surface area (TPSA) is 103 Å². The summed E-state index contributed by atoms with van der Waals surface area (Å²) in [4.78, 5) is 15.0. The van der Waals surface area contributed by atoms with Gasteiger partial charge < -0.3 is 25.1 Å². The summed E-state index contributed by atoms with van der Waals surface area (Å²) in [5, 5.41) is 19.2. The van der Waals surface area contributed by atoms with E-state index in [1.54, 1.807) is 19.2 Å². The van der Waals surface area contributed by atoms with Crippen LogP contribution in [0.1, 0.15) is 32.8 Å². The summed E-state index contributed by atoms with van der Waals surface area (Å²) >= 11 is 6.45. The summed E-state index contributed by atoms with van der Waals surface area (Å²) in [7, 11) is -0.555. The maximum Gasteiger partial charge on any atom is 0.407 e. The largest absolute Gasteiger partial charge is 0.465 e. The van der Waals surface area contributed by atoms with Gasteiger partial charge in [0.15, 0.2) is 8.32 Å². The van der Waals surface area contributed by atoms with E-state index in [0.717, 1.165) is 0 Å². The highest BCUT2D eigenvalue weighted by Gasteiger charge is 2.44. The van der Waals surface area contributed by atoms with Crippen molar-refractivity contribution in [1.82, 2.24) is 4.90 Å². The minimum atomic E-state index is -2.14. The van der Waals surface area contributed by atoms with Gasteiger partial charge in [-0.3, -0.25) is 0 Å². The van der Waals surface area contributed by atoms with Gasteiger partial charge >= 0.3 is 6.09 Å². The molecule has 160 valence electrons. The van der Waals surface area contributed by atoms with Gasteiger partial charge in [0.2, 0.25) is 0 Å². The number of nitrogens with two attached hydrogens (primary N) is 1. The van der Waals surface area contributed by atoms with Crippen LogP contribution in [0.2, 0.25) is 23.2 Å². The predicted octanol–water partition coefficient (Wildman–Crippen LogP) is 4.37. The minimum absolute atomic E-state index is 0.00950. The number of halogens is 1. The number of nitrogen functional groups attached to an aromatic ring is 1. The van der Waals surface area contributed by atoms with Gasteiger partial charge in [0.1, 0.15) is 0 Å². The molecule has 0 aromatic heterocycles. The maximum absolute atomic E-state index is 11.6. The Morgan fingerprint density at radius 2 is 2.07 bits per heavy atom. The molecule has 0 unspecified atom stereocenters. The highest BCUT2D eigenvalue weighted by molar-refractivity contribution is 6.74. The lowest BCUT2D eigenvalue weighted by atomic mass is 9.99. The van der Waals surface area contributed by atoms with E-state index < -0.39 is 14.4 Å². The number of carbonyl (C=O) groups is 1. The first-order valence-corrected chi connectivity index (χ1v) is 12.9. The number of amides is 1. The molecule has 1 fully saturated rings. The zero-order valence-corrected chi connectivity index (χ0v) is 19.7. The molecule has 1 saturated heterocycles. The average molecular weight is 439 g/mol. The number of benzene rings is 1. The molecule has 7 nitrogen and oxygen atoms in total. The highest BCUT2D eigenvalue weighted by Crippen LogP contribution is 2.40. The third-order valence-corrected chi connectivity index (χ3v) is 11.0. The van der Waals surface area contributed by atoms with Crippen molar-refractivity contribution >= 4 is 37.4 Å². The van der Waals surface area contributed by atoms with Crippen molar-refractivity contribution in [2.75, 3.05) is 30.8 Å². The van der Waals surface area contributed by atoms with Crippen molar-refractivity contribution < 1.29 is 14.3 Å². The smallest absolute Gasteiger partial charge is 0.407 e. The number of anilines is 2. The van der Waals surface area contributed by atoms with Crippen LogP contribution in [0.15, 0.2) is 12.1 Å². The minimum Gasteiger partial charge on any atom is -0.465 e. The Morgan fingerprint density at radius 1 is 1.45 bits per heavy atom. The van der Waals surface area contributed by atoms with E-state index in [-0.39, 0.29) is 17.2 Å². The number of nitrogens with zero attached hydrogens (tertiary/aromatic N) is 3. The molecule has 1 aliphatic heterocycles. The van der Waals surface area contributed by atoms with Gasteiger partial charge in [-0.2, -0.15) is 5.26 Å². The fourth-order valence-electron chi connectivity index (χ4n) is 3.30. The summed E-state index contributed by atoms with van der Waals surface area (Å²) in [6, 6.07) is 5.14. The Morgan fingerprint density at radius 3 is 2.59 bits per heavy atom. The molecule has 0 bridgehead atoms. The third-order valence-electron chi connectivity index (χ3n) is 6.13. The standard InChI is InChI=1S/C20H31ClN4O3Si/c1-20(2,3)29(5,6)28-17-12-25(8-7-15(17)24(4)19(26)27)16-10-13(11-22)9-14(23)18(16)21/h9-10,15,17H,7-8,12,23H2,1-6H3,(H,26,27)/t15-,17-/m0/s1. The molecular formula is C20H31ClN4O3Si. The van der Waals surface area contributed by atoms with Crippen molar-refractivity contribution in [2.45, 2.75) is 57.5 Å². The van der Waals surface area contributed by atoms with Gasteiger partial charge in [0, 0.05) is 20.1 Å². The predicted molar refractivity (Wildman–Crippen MR) is 119 cm³/mol. The lowest BCUT2D eigenvalue weighted by Gasteiger charge is -2.47. The molecule has 1 aromatic carbocycles. The molecule has 9 heteroatoms. The second-order valence-corrected chi connectivity index (χ2v) is 14.3. The van der Waals surface area contributed by atoms with E-state index in [2.05, 4.69) is 39.9 Å². The van der Waals surface area contributed by atoms with Crippen LogP contribution in [-0.2, 0) is 4.43 Å². The Bertz CT molecular complexity index is 819. The number of nitriles is 1. The molecule has 3 N–H and O–H groups in total. The van der Waals surface area contributed by atoms with E-state index >= 15 is 0 Å². The molecule has 1 aliphatic rings. The van der Waals surface area contributed by atoms with E-state index in [1.165, 1.54) is 4.90 Å². The Hall–Kier alpha value is -1.95. The van der Waals surface area contributed by atoms with Crippen molar-refractivity contribution in [3.63, 3.8) is 0 Å². The molecule has 2 rings (SSSR count). The zero-order valence-electron chi connectivity index (χ0n) is 18.0. The average Bonchev–Trinajstić information content (AvgIpc) is 2.61. The molecule has 1 aromatic rings. The Kier molecular flexibility index (Phi) is 6.77. The summed E-state index contributed by atoms with van der Waals surface area (Å²) in [5.74, 6) is 0. The van der Waals surface area contributed by atoms with Crippen molar-refractivity contribution in [1.29, 1.82) is 5.26 Å². The van der Waals surface area contributed by atoms with Crippen molar-refractivity contribution in [2.24, 2.45) is 0 Å². The van der Waals surface area contributed by atoms with Crippen LogP contribution < -0.4 is 10.6 Å². The first-order valence-electron chi connectivity index (χ1n) is 9.66. The van der Waals surface area contributed by atoms with Crippen LogP contribution in [0.25, 0.3) is 0 Å². The van der Waals surface area contributed by atoms with Crippen LogP contribution in [0.3, 0.4) is 0 Å². The number of hydrogen-bond donors (Lipinski definition) is 2. The summed E-state index contributed by atoms with van der Waals surface area (Å²) in [5.41, 5.74) is 7.47. The van der Waals surface area contributed by atoms with E-state index in [4.69, 9.17) is 21.8 Å². The van der Waals surface area contributed by atoms with Crippen molar-refractivity contribution in [3.05, 3.63) is 22.7 Å². The summed E-state index contributed by atoms with van der Waals surface area (Å²) < 4.78 is 6.66. The Labute approximate surface area is 179 Å². The van der Waals surface area contributed by atoms with Gasteiger partial charge in [0.05, 0.1) is 40.2 Å². The molecule has 0 spiro atoms. The molecule has 0 radical (unpaired) electrons. The van der Waals surface area contributed by atoms with Gasteiger partial charge in [0.25, 0.3) is 0 Å². The van der Waals surface area contributed by atoms with E-state index in [0.29, 0.717) is 41.5 Å². The summed E-state index contributed by atoms with van der Waals surface area (Å²) in [6.07, 6.45) is -0.690.